The summed E-state index contributed by atoms with van der Waals surface area (Å²) in [5, 5.41) is 39.9. The van der Waals surface area contributed by atoms with Crippen LogP contribution >= 0.6 is 0 Å². The van der Waals surface area contributed by atoms with E-state index in [1.54, 1.807) is 18.2 Å². The smallest absolute Gasteiger partial charge is 0.126 e. The molecule has 2 aromatic rings. The van der Waals surface area contributed by atoms with Crippen molar-refractivity contribution < 1.29 is 43.1 Å². The largest absolute Gasteiger partial charge is 0.493 e. The maximum absolute atomic E-state index is 14.6. The lowest BCUT2D eigenvalue weighted by Gasteiger charge is -2.40. The molecule has 2 aliphatic rings. The van der Waals surface area contributed by atoms with E-state index >= 15 is 0 Å². The van der Waals surface area contributed by atoms with Gasteiger partial charge in [0.05, 0.1) is 26.6 Å². The van der Waals surface area contributed by atoms with Crippen molar-refractivity contribution in [2.45, 2.75) is 62.6 Å². The van der Waals surface area contributed by atoms with E-state index in [4.69, 9.17) is 9.47 Å². The average Bonchev–Trinajstić information content (AvgIpc) is 2.93. The Labute approximate surface area is 214 Å². The SMILES string of the molecule is OC[C@H]1OC(c2ccc(F)c(Cc3ccc(OCC4CCC(CF)(CF)CC4)cc3)c2)[C@H](O)[C@@H](O)[C@@H]1O. The summed E-state index contributed by atoms with van der Waals surface area (Å²) in [4.78, 5) is 0. The van der Waals surface area contributed by atoms with Crippen molar-refractivity contribution in [1.82, 2.24) is 0 Å². The minimum absolute atomic E-state index is 0.255. The lowest BCUT2D eigenvalue weighted by Crippen LogP contribution is -2.55. The van der Waals surface area contributed by atoms with Crippen LogP contribution in [-0.2, 0) is 11.2 Å². The van der Waals surface area contributed by atoms with Crippen molar-refractivity contribution in [2.75, 3.05) is 26.6 Å². The van der Waals surface area contributed by atoms with Gasteiger partial charge in [0.25, 0.3) is 0 Å². The normalized spacial score (nSPS) is 28.2. The highest BCUT2D eigenvalue weighted by Gasteiger charge is 2.44. The third kappa shape index (κ3) is 6.29. The number of ether oxygens (including phenoxy) is 2. The zero-order valence-corrected chi connectivity index (χ0v) is 20.6. The van der Waals surface area contributed by atoms with Crippen LogP contribution in [0.2, 0.25) is 0 Å². The monoisotopic (exact) mass is 524 g/mol. The number of rotatable bonds is 9. The lowest BCUT2D eigenvalue weighted by atomic mass is 9.72. The van der Waals surface area contributed by atoms with Gasteiger partial charge in [-0.25, -0.2) is 4.39 Å². The van der Waals surface area contributed by atoms with Gasteiger partial charge in [-0.1, -0.05) is 18.2 Å². The first kappa shape index (κ1) is 27.9. The molecule has 2 aromatic carbocycles. The van der Waals surface area contributed by atoms with E-state index in [9.17, 15) is 33.6 Å². The first-order valence-electron chi connectivity index (χ1n) is 12.7. The maximum atomic E-state index is 14.6. The predicted molar refractivity (Wildman–Crippen MR) is 130 cm³/mol. The fourth-order valence-electron chi connectivity index (χ4n) is 5.18. The van der Waals surface area contributed by atoms with Crippen LogP contribution in [0.1, 0.15) is 48.5 Å². The minimum Gasteiger partial charge on any atom is -0.493 e. The summed E-state index contributed by atoms with van der Waals surface area (Å²) in [6, 6.07) is 11.5. The molecule has 5 atom stereocenters. The van der Waals surface area contributed by atoms with Gasteiger partial charge in [-0.3, -0.25) is 8.78 Å². The zero-order chi connectivity index (χ0) is 26.6. The highest BCUT2D eigenvalue weighted by atomic mass is 19.1. The second-order valence-electron chi connectivity index (χ2n) is 10.4. The van der Waals surface area contributed by atoms with Gasteiger partial charge in [0.15, 0.2) is 0 Å². The van der Waals surface area contributed by atoms with Gasteiger partial charge >= 0.3 is 0 Å². The lowest BCUT2D eigenvalue weighted by molar-refractivity contribution is -0.231. The second-order valence-corrected chi connectivity index (χ2v) is 10.4. The molecule has 4 rings (SSSR count). The van der Waals surface area contributed by atoms with Crippen molar-refractivity contribution in [3.05, 3.63) is 65.0 Å². The van der Waals surface area contributed by atoms with Crippen LogP contribution < -0.4 is 4.74 Å². The molecule has 37 heavy (non-hydrogen) atoms. The molecule has 0 amide bonds. The molecule has 0 spiro atoms. The van der Waals surface area contributed by atoms with E-state index < -0.39 is 61.7 Å². The molecule has 1 aliphatic heterocycles. The first-order valence-corrected chi connectivity index (χ1v) is 12.7. The standard InChI is InChI=1S/C28H35F3O6/c29-15-28(16-30)9-7-18(8-10-28)14-36-21-4-1-17(2-5-21)11-20-12-19(3-6-22(20)31)27-26(35)25(34)24(33)23(13-32)37-27/h1-6,12,18,23-27,32-35H,7-11,13-16H2/t23-,24-,25+,26-,27?/m1/s1. The van der Waals surface area contributed by atoms with Crippen LogP contribution in [-0.4, -0.2) is 71.4 Å². The minimum atomic E-state index is -1.51. The molecule has 0 bridgehead atoms. The summed E-state index contributed by atoms with van der Waals surface area (Å²) < 4.78 is 52.5. The summed E-state index contributed by atoms with van der Waals surface area (Å²) in [5.41, 5.74) is 0.790. The molecular formula is C28H35F3O6. The van der Waals surface area contributed by atoms with Crippen LogP contribution in [0.4, 0.5) is 13.2 Å². The van der Waals surface area contributed by atoms with Gasteiger partial charge in [-0.05, 0) is 72.6 Å². The van der Waals surface area contributed by atoms with E-state index in [2.05, 4.69) is 0 Å². The van der Waals surface area contributed by atoms with Crippen LogP contribution in [0.3, 0.4) is 0 Å². The van der Waals surface area contributed by atoms with Gasteiger partial charge in [0.1, 0.15) is 42.1 Å². The Bertz CT molecular complexity index is 1000. The van der Waals surface area contributed by atoms with Gasteiger partial charge < -0.3 is 29.9 Å². The maximum Gasteiger partial charge on any atom is 0.126 e. The zero-order valence-electron chi connectivity index (χ0n) is 20.6. The van der Waals surface area contributed by atoms with Crippen molar-refractivity contribution in [2.24, 2.45) is 11.3 Å². The first-order chi connectivity index (χ1) is 17.8. The quantitative estimate of drug-likeness (QED) is 0.401. The van der Waals surface area contributed by atoms with Crippen LogP contribution in [0.5, 0.6) is 5.75 Å². The van der Waals surface area contributed by atoms with Crippen LogP contribution in [0, 0.1) is 17.2 Å². The van der Waals surface area contributed by atoms with Crippen LogP contribution in [0.15, 0.2) is 42.5 Å². The molecule has 2 fully saturated rings. The van der Waals surface area contributed by atoms with Crippen molar-refractivity contribution in [1.29, 1.82) is 0 Å². The molecule has 1 saturated carbocycles. The third-order valence-corrected chi connectivity index (χ3v) is 7.83. The molecule has 1 heterocycles. The Morgan fingerprint density at radius 3 is 2.22 bits per heavy atom. The third-order valence-electron chi connectivity index (χ3n) is 7.83. The average molecular weight is 525 g/mol. The summed E-state index contributed by atoms with van der Waals surface area (Å²) >= 11 is 0. The predicted octanol–water partition coefficient (Wildman–Crippen LogP) is 3.43. The van der Waals surface area contributed by atoms with Gasteiger partial charge in [-0.15, -0.1) is 0 Å². The topological polar surface area (TPSA) is 99.4 Å². The number of halogens is 3. The highest BCUT2D eigenvalue weighted by Crippen LogP contribution is 2.40. The van der Waals surface area contributed by atoms with Crippen LogP contribution in [0.25, 0.3) is 0 Å². The van der Waals surface area contributed by atoms with E-state index in [0.717, 1.165) is 18.4 Å². The van der Waals surface area contributed by atoms with Crippen molar-refractivity contribution in [3.8, 4) is 5.75 Å². The Hall–Kier alpha value is -2.17. The number of aliphatic hydroxyl groups is 4. The Kier molecular flexibility index (Phi) is 9.13. The molecule has 0 aromatic heterocycles. The van der Waals surface area contributed by atoms with E-state index in [1.807, 2.05) is 12.1 Å². The van der Waals surface area contributed by atoms with Crippen molar-refractivity contribution in [3.63, 3.8) is 0 Å². The molecule has 4 N–H and O–H groups in total. The Morgan fingerprint density at radius 2 is 1.59 bits per heavy atom. The van der Waals surface area contributed by atoms with E-state index in [1.165, 1.54) is 12.1 Å². The number of aliphatic hydroxyl groups excluding tert-OH is 4. The van der Waals surface area contributed by atoms with Gasteiger partial charge in [0.2, 0.25) is 0 Å². The molecular weight excluding hydrogens is 489 g/mol. The molecule has 1 aliphatic carbocycles. The molecule has 0 radical (unpaired) electrons. The Balaban J connectivity index is 1.36. The highest BCUT2D eigenvalue weighted by molar-refractivity contribution is 5.35. The van der Waals surface area contributed by atoms with E-state index in [0.29, 0.717) is 36.3 Å². The molecule has 9 heteroatoms. The molecule has 1 saturated heterocycles. The summed E-state index contributed by atoms with van der Waals surface area (Å²) in [6.45, 7) is -1.31. The van der Waals surface area contributed by atoms with E-state index in [-0.39, 0.29) is 12.3 Å². The number of alkyl halides is 2. The van der Waals surface area contributed by atoms with Gasteiger partial charge in [0, 0.05) is 11.8 Å². The summed E-state index contributed by atoms with van der Waals surface area (Å²) in [5.74, 6) is 0.473. The number of hydrogen-bond donors (Lipinski definition) is 4. The molecule has 1 unspecified atom stereocenters. The number of benzene rings is 2. The molecule has 6 nitrogen and oxygen atoms in total. The fraction of sp³-hybridized carbons (Fsp3) is 0.571. The fourth-order valence-corrected chi connectivity index (χ4v) is 5.18. The van der Waals surface area contributed by atoms with Gasteiger partial charge in [-0.2, -0.15) is 0 Å². The number of hydrogen-bond acceptors (Lipinski definition) is 6. The Morgan fingerprint density at radius 1 is 0.919 bits per heavy atom. The summed E-state index contributed by atoms with van der Waals surface area (Å²) in [7, 11) is 0. The summed E-state index contributed by atoms with van der Waals surface area (Å²) in [6.07, 6.45) is -3.73. The molecule has 204 valence electrons. The van der Waals surface area contributed by atoms with Crippen molar-refractivity contribution >= 4 is 0 Å². The second kappa shape index (κ2) is 12.1.